The lowest BCUT2D eigenvalue weighted by atomic mass is 10.1. The van der Waals surface area contributed by atoms with E-state index in [1.807, 2.05) is 0 Å². The number of nitrogens with one attached hydrogen (secondary N) is 1. The minimum absolute atomic E-state index is 0.0588. The van der Waals surface area contributed by atoms with Gasteiger partial charge in [-0.05, 0) is 32.0 Å². The normalized spacial score (nSPS) is 11.6. The van der Waals surface area contributed by atoms with Gasteiger partial charge < -0.3 is 10.1 Å². The van der Waals surface area contributed by atoms with E-state index < -0.39 is 41.1 Å². The molecule has 2 aromatic carbocycles. The third-order valence-electron chi connectivity index (χ3n) is 3.77. The molecule has 0 aromatic heterocycles. The Morgan fingerprint density at radius 3 is 2.52 bits per heavy atom. The largest absolute Gasteiger partial charge is 0.452 e. The van der Waals surface area contributed by atoms with Gasteiger partial charge in [0.2, 0.25) is 0 Å². The number of nitro groups is 1. The predicted molar refractivity (Wildman–Crippen MR) is 91.0 cm³/mol. The average Bonchev–Trinajstić information content (AvgIpc) is 2.59. The van der Waals surface area contributed by atoms with Crippen LogP contribution in [0.1, 0.15) is 34.5 Å². The number of hydrogen-bond acceptors (Lipinski definition) is 5. The predicted octanol–water partition coefficient (Wildman–Crippen LogP) is 3.22. The molecule has 0 unspecified atom stereocenters. The van der Waals surface area contributed by atoms with E-state index in [2.05, 4.69) is 5.32 Å². The van der Waals surface area contributed by atoms with Crippen LogP contribution < -0.4 is 5.32 Å². The van der Waals surface area contributed by atoms with Crippen LogP contribution in [0.2, 0.25) is 0 Å². The van der Waals surface area contributed by atoms with Crippen molar-refractivity contribution in [3.63, 3.8) is 0 Å². The Bertz CT molecular complexity index is 901. The maximum Gasteiger partial charge on any atom is 0.338 e. The van der Waals surface area contributed by atoms with E-state index in [4.69, 9.17) is 4.74 Å². The van der Waals surface area contributed by atoms with Crippen LogP contribution in [0.3, 0.4) is 0 Å². The van der Waals surface area contributed by atoms with Crippen molar-refractivity contribution in [1.82, 2.24) is 5.32 Å². The number of amides is 1. The van der Waals surface area contributed by atoms with E-state index in [9.17, 15) is 28.5 Å². The van der Waals surface area contributed by atoms with Crippen LogP contribution in [0.4, 0.5) is 14.5 Å². The number of hydrogen-bond donors (Lipinski definition) is 1. The number of carbonyl (C=O) groups is 2. The molecule has 0 spiro atoms. The second-order valence-corrected chi connectivity index (χ2v) is 5.79. The molecule has 0 aliphatic heterocycles. The van der Waals surface area contributed by atoms with Crippen LogP contribution in [0.15, 0.2) is 36.4 Å². The monoisotopic (exact) mass is 378 g/mol. The minimum Gasteiger partial charge on any atom is -0.452 e. The molecule has 0 fully saturated rings. The van der Waals surface area contributed by atoms with Gasteiger partial charge in [-0.15, -0.1) is 0 Å². The number of aryl methyl sites for hydroxylation is 1. The first kappa shape index (κ1) is 20.0. The zero-order valence-corrected chi connectivity index (χ0v) is 14.5. The van der Waals surface area contributed by atoms with Gasteiger partial charge >= 0.3 is 5.97 Å². The zero-order valence-electron chi connectivity index (χ0n) is 14.5. The fraction of sp³-hybridized carbons (Fsp3) is 0.222. The third-order valence-corrected chi connectivity index (χ3v) is 3.77. The van der Waals surface area contributed by atoms with Crippen LogP contribution in [-0.4, -0.2) is 23.4 Å². The fourth-order valence-electron chi connectivity index (χ4n) is 2.42. The molecule has 27 heavy (non-hydrogen) atoms. The molecule has 2 rings (SSSR count). The first-order valence-corrected chi connectivity index (χ1v) is 7.85. The summed E-state index contributed by atoms with van der Waals surface area (Å²) in [7, 11) is 0. The van der Waals surface area contributed by atoms with E-state index in [0.29, 0.717) is 6.07 Å². The quantitative estimate of drug-likeness (QED) is 0.473. The van der Waals surface area contributed by atoms with Gasteiger partial charge in [-0.3, -0.25) is 14.9 Å². The molecule has 2 aromatic rings. The lowest BCUT2D eigenvalue weighted by molar-refractivity contribution is -0.385. The second-order valence-electron chi connectivity index (χ2n) is 5.79. The van der Waals surface area contributed by atoms with Gasteiger partial charge in [-0.1, -0.05) is 6.07 Å². The van der Waals surface area contributed by atoms with Crippen molar-refractivity contribution in [3.05, 3.63) is 74.8 Å². The molecule has 1 N–H and O–H groups in total. The van der Waals surface area contributed by atoms with Crippen molar-refractivity contribution in [2.45, 2.75) is 19.9 Å². The van der Waals surface area contributed by atoms with Crippen LogP contribution >= 0.6 is 0 Å². The molecule has 0 heterocycles. The van der Waals surface area contributed by atoms with E-state index in [-0.39, 0.29) is 22.4 Å². The van der Waals surface area contributed by atoms with Crippen LogP contribution in [0.25, 0.3) is 0 Å². The lowest BCUT2D eigenvalue weighted by Gasteiger charge is -2.15. The van der Waals surface area contributed by atoms with Gasteiger partial charge in [-0.2, -0.15) is 0 Å². The van der Waals surface area contributed by atoms with E-state index in [1.54, 1.807) is 0 Å². The second kappa shape index (κ2) is 8.35. The molecule has 0 radical (unpaired) electrons. The highest BCUT2D eigenvalue weighted by molar-refractivity contribution is 5.91. The van der Waals surface area contributed by atoms with Gasteiger partial charge in [0.15, 0.2) is 6.61 Å². The Morgan fingerprint density at radius 2 is 1.93 bits per heavy atom. The number of rotatable bonds is 6. The summed E-state index contributed by atoms with van der Waals surface area (Å²) in [6.45, 7) is 2.35. The fourth-order valence-corrected chi connectivity index (χ4v) is 2.42. The molecule has 0 bridgehead atoms. The van der Waals surface area contributed by atoms with Gasteiger partial charge in [0.05, 0.1) is 16.5 Å². The van der Waals surface area contributed by atoms with Crippen molar-refractivity contribution in [1.29, 1.82) is 0 Å². The maximum atomic E-state index is 13.7. The van der Waals surface area contributed by atoms with E-state index in [1.165, 1.54) is 38.1 Å². The number of nitro benzene ring substituents is 1. The Labute approximate surface area is 153 Å². The van der Waals surface area contributed by atoms with Crippen molar-refractivity contribution in [3.8, 4) is 0 Å². The zero-order chi connectivity index (χ0) is 20.1. The molecule has 1 atom stereocenters. The minimum atomic E-state index is -0.830. The Balaban J connectivity index is 1.94. The van der Waals surface area contributed by atoms with Gasteiger partial charge in [0, 0.05) is 23.3 Å². The highest BCUT2D eigenvalue weighted by atomic mass is 19.1. The van der Waals surface area contributed by atoms with Gasteiger partial charge in [-0.25, -0.2) is 13.6 Å². The Morgan fingerprint density at radius 1 is 1.22 bits per heavy atom. The van der Waals surface area contributed by atoms with Crippen LogP contribution in [-0.2, 0) is 9.53 Å². The van der Waals surface area contributed by atoms with Crippen molar-refractivity contribution >= 4 is 17.6 Å². The molecule has 0 saturated heterocycles. The number of benzene rings is 2. The Kier molecular flexibility index (Phi) is 6.17. The van der Waals surface area contributed by atoms with E-state index in [0.717, 1.165) is 6.07 Å². The smallest absolute Gasteiger partial charge is 0.338 e. The summed E-state index contributed by atoms with van der Waals surface area (Å²) in [4.78, 5) is 34.0. The van der Waals surface area contributed by atoms with Crippen molar-refractivity contribution < 1.29 is 28.0 Å². The summed E-state index contributed by atoms with van der Waals surface area (Å²) >= 11 is 0. The van der Waals surface area contributed by atoms with Gasteiger partial charge in [0.1, 0.15) is 11.6 Å². The van der Waals surface area contributed by atoms with Crippen LogP contribution in [0.5, 0.6) is 0 Å². The summed E-state index contributed by atoms with van der Waals surface area (Å²) in [5, 5.41) is 13.2. The highest BCUT2D eigenvalue weighted by Crippen LogP contribution is 2.20. The summed E-state index contributed by atoms with van der Waals surface area (Å²) in [6, 6.07) is 5.90. The third kappa shape index (κ3) is 5.06. The first-order chi connectivity index (χ1) is 12.7. The standard InChI is InChI=1S/C18H16F2N2O5/c1-10-7-12(3-6-16(10)22(25)26)18(24)27-9-17(23)21-11(2)14-5-4-13(19)8-15(14)20/h3-8,11H,9H2,1-2H3,(H,21,23)/t11-/m1/s1. The Hall–Kier alpha value is -3.36. The van der Waals surface area contributed by atoms with Crippen LogP contribution in [0, 0.1) is 28.7 Å². The van der Waals surface area contributed by atoms with Gasteiger partial charge in [0.25, 0.3) is 11.6 Å². The molecule has 9 heteroatoms. The SMILES string of the molecule is Cc1cc(C(=O)OCC(=O)N[C@H](C)c2ccc(F)cc2F)ccc1[N+](=O)[O-]. The summed E-state index contributed by atoms with van der Waals surface area (Å²) < 4.78 is 31.5. The molecule has 1 amide bonds. The molecule has 7 nitrogen and oxygen atoms in total. The molecule has 0 aliphatic carbocycles. The lowest BCUT2D eigenvalue weighted by Crippen LogP contribution is -2.31. The summed E-state index contributed by atoms with van der Waals surface area (Å²) in [5.74, 6) is -3.05. The number of nitrogens with zero attached hydrogens (tertiary/aromatic N) is 1. The average molecular weight is 378 g/mol. The number of esters is 1. The first-order valence-electron chi connectivity index (χ1n) is 7.85. The molecule has 142 valence electrons. The number of ether oxygens (including phenoxy) is 1. The van der Waals surface area contributed by atoms with Crippen molar-refractivity contribution in [2.24, 2.45) is 0 Å². The topological polar surface area (TPSA) is 98.5 Å². The maximum absolute atomic E-state index is 13.7. The molecular formula is C18H16F2N2O5. The highest BCUT2D eigenvalue weighted by Gasteiger charge is 2.18. The summed E-state index contributed by atoms with van der Waals surface area (Å²) in [6.07, 6.45) is 0. The number of halogens is 2. The van der Waals surface area contributed by atoms with E-state index >= 15 is 0 Å². The molecule has 0 saturated carbocycles. The number of carbonyl (C=O) groups excluding carboxylic acids is 2. The molecule has 0 aliphatic rings. The van der Waals surface area contributed by atoms with Crippen molar-refractivity contribution in [2.75, 3.05) is 6.61 Å². The molecular weight excluding hydrogens is 362 g/mol. The summed E-state index contributed by atoms with van der Waals surface area (Å²) in [5.41, 5.74) is 0.282.